The Morgan fingerprint density at radius 1 is 1.11 bits per heavy atom. The number of nitrogens with one attached hydrogen (secondary N) is 2. The first-order valence-electron chi connectivity index (χ1n) is 9.26. The predicted molar refractivity (Wildman–Crippen MR) is 107 cm³/mol. The van der Waals surface area contributed by atoms with Gasteiger partial charge in [0.25, 0.3) is 5.91 Å². The van der Waals surface area contributed by atoms with Gasteiger partial charge >= 0.3 is 0 Å². The van der Waals surface area contributed by atoms with E-state index in [1.807, 2.05) is 25.1 Å². The van der Waals surface area contributed by atoms with Crippen LogP contribution in [-0.2, 0) is 14.8 Å². The number of benzene rings is 2. The molecule has 2 aromatic rings. The van der Waals surface area contributed by atoms with Crippen LogP contribution < -0.4 is 15.0 Å². The molecule has 2 aromatic carbocycles. The SMILES string of the molecule is COc1cccc(NC(=O)[C@@H](C)[NH+]2CCN(S(=O)(=O)c3ccccc3)CC2)c1. The van der Waals surface area contributed by atoms with Crippen LogP contribution in [0.5, 0.6) is 5.75 Å². The van der Waals surface area contributed by atoms with Crippen molar-refractivity contribution in [2.75, 3.05) is 38.6 Å². The van der Waals surface area contributed by atoms with E-state index in [0.717, 1.165) is 4.90 Å². The van der Waals surface area contributed by atoms with Crippen molar-refractivity contribution < 1.29 is 22.8 Å². The summed E-state index contributed by atoms with van der Waals surface area (Å²) in [6, 6.07) is 15.4. The molecule has 1 aliphatic heterocycles. The topological polar surface area (TPSA) is 80.2 Å². The summed E-state index contributed by atoms with van der Waals surface area (Å²) in [4.78, 5) is 14.0. The number of ether oxygens (including phenoxy) is 1. The average Bonchev–Trinajstić information content (AvgIpc) is 2.74. The summed E-state index contributed by atoms with van der Waals surface area (Å²) in [7, 11) is -1.90. The van der Waals surface area contributed by atoms with Gasteiger partial charge in [-0.25, -0.2) is 8.42 Å². The number of amides is 1. The molecule has 0 radical (unpaired) electrons. The van der Waals surface area contributed by atoms with Crippen molar-refractivity contribution in [2.24, 2.45) is 0 Å². The summed E-state index contributed by atoms with van der Waals surface area (Å²) >= 11 is 0. The van der Waals surface area contributed by atoms with Gasteiger partial charge in [-0.2, -0.15) is 4.31 Å². The van der Waals surface area contributed by atoms with Gasteiger partial charge in [-0.15, -0.1) is 0 Å². The summed E-state index contributed by atoms with van der Waals surface area (Å²) in [6.07, 6.45) is 0. The number of anilines is 1. The highest BCUT2D eigenvalue weighted by atomic mass is 32.2. The highest BCUT2D eigenvalue weighted by molar-refractivity contribution is 7.89. The van der Waals surface area contributed by atoms with Crippen molar-refractivity contribution in [3.8, 4) is 5.75 Å². The molecule has 1 amide bonds. The minimum absolute atomic E-state index is 0.0948. The highest BCUT2D eigenvalue weighted by Gasteiger charge is 2.34. The van der Waals surface area contributed by atoms with Crippen molar-refractivity contribution in [3.63, 3.8) is 0 Å². The van der Waals surface area contributed by atoms with Gasteiger partial charge in [-0.1, -0.05) is 24.3 Å². The third-order valence-corrected chi connectivity index (χ3v) is 7.00. The van der Waals surface area contributed by atoms with E-state index in [-0.39, 0.29) is 11.9 Å². The van der Waals surface area contributed by atoms with E-state index >= 15 is 0 Å². The first-order chi connectivity index (χ1) is 13.4. The fraction of sp³-hybridized carbons (Fsp3) is 0.350. The van der Waals surface area contributed by atoms with Crippen LogP contribution in [0, 0.1) is 0 Å². The Morgan fingerprint density at radius 2 is 1.79 bits per heavy atom. The predicted octanol–water partition coefficient (Wildman–Crippen LogP) is 0.612. The Bertz CT molecular complexity index is 910. The van der Waals surface area contributed by atoms with E-state index in [1.165, 1.54) is 4.31 Å². The zero-order chi connectivity index (χ0) is 20.1. The molecule has 0 unspecified atom stereocenters. The van der Waals surface area contributed by atoms with Gasteiger partial charge < -0.3 is 15.0 Å². The third kappa shape index (κ3) is 4.52. The van der Waals surface area contributed by atoms with E-state index in [9.17, 15) is 13.2 Å². The minimum atomic E-state index is -3.48. The number of hydrogen-bond acceptors (Lipinski definition) is 4. The van der Waals surface area contributed by atoms with Gasteiger partial charge in [0, 0.05) is 11.8 Å². The maximum atomic E-state index is 12.7. The lowest BCUT2D eigenvalue weighted by atomic mass is 10.2. The van der Waals surface area contributed by atoms with Crippen molar-refractivity contribution >= 4 is 21.6 Å². The van der Waals surface area contributed by atoms with Crippen LogP contribution in [0.1, 0.15) is 6.92 Å². The maximum absolute atomic E-state index is 12.7. The number of piperazine rings is 1. The first kappa shape index (κ1) is 20.3. The Balaban J connectivity index is 1.58. The Hall–Kier alpha value is -2.42. The maximum Gasteiger partial charge on any atom is 0.282 e. The van der Waals surface area contributed by atoms with Crippen molar-refractivity contribution in [1.29, 1.82) is 0 Å². The molecule has 1 aliphatic rings. The molecule has 1 fully saturated rings. The molecule has 0 aromatic heterocycles. The molecule has 1 atom stereocenters. The summed E-state index contributed by atoms with van der Waals surface area (Å²) in [6.45, 7) is 3.82. The van der Waals surface area contributed by atoms with Crippen LogP contribution in [0.4, 0.5) is 5.69 Å². The summed E-state index contributed by atoms with van der Waals surface area (Å²) in [5.74, 6) is 0.583. The molecule has 2 N–H and O–H groups in total. The molecule has 0 aliphatic carbocycles. The van der Waals surface area contributed by atoms with E-state index < -0.39 is 10.0 Å². The fourth-order valence-electron chi connectivity index (χ4n) is 3.33. The third-order valence-electron chi connectivity index (χ3n) is 5.09. The van der Waals surface area contributed by atoms with Gasteiger partial charge in [0.15, 0.2) is 6.04 Å². The first-order valence-corrected chi connectivity index (χ1v) is 10.7. The van der Waals surface area contributed by atoms with Gasteiger partial charge in [0.2, 0.25) is 10.0 Å². The number of quaternary nitrogens is 1. The number of methoxy groups -OCH3 is 1. The number of hydrogen-bond donors (Lipinski definition) is 2. The largest absolute Gasteiger partial charge is 0.497 e. The van der Waals surface area contributed by atoms with Gasteiger partial charge in [0.1, 0.15) is 5.75 Å². The normalized spacial score (nSPS) is 17.1. The van der Waals surface area contributed by atoms with Crippen LogP contribution in [0.3, 0.4) is 0 Å². The molecule has 0 spiro atoms. The second-order valence-electron chi connectivity index (χ2n) is 6.82. The summed E-state index contributed by atoms with van der Waals surface area (Å²) in [5.41, 5.74) is 0.681. The van der Waals surface area contributed by atoms with Gasteiger partial charge in [-0.05, 0) is 31.2 Å². The number of nitrogens with zero attached hydrogens (tertiary/aromatic N) is 1. The van der Waals surface area contributed by atoms with E-state index in [1.54, 1.807) is 43.5 Å². The zero-order valence-corrected chi connectivity index (χ0v) is 16.9. The van der Waals surface area contributed by atoms with Crippen molar-refractivity contribution in [1.82, 2.24) is 4.31 Å². The summed E-state index contributed by atoms with van der Waals surface area (Å²) in [5, 5.41) is 2.91. The number of carbonyl (C=O) groups is 1. The molecule has 8 heteroatoms. The Kier molecular flexibility index (Phi) is 6.33. The average molecular weight is 405 g/mol. The lowest BCUT2D eigenvalue weighted by Crippen LogP contribution is -3.19. The molecule has 1 heterocycles. The van der Waals surface area contributed by atoms with E-state index in [4.69, 9.17) is 4.74 Å². The molecule has 7 nitrogen and oxygen atoms in total. The molecular weight excluding hydrogens is 378 g/mol. The van der Waals surface area contributed by atoms with Crippen LogP contribution in [0.15, 0.2) is 59.5 Å². The lowest BCUT2D eigenvalue weighted by molar-refractivity contribution is -0.917. The van der Waals surface area contributed by atoms with E-state index in [2.05, 4.69) is 5.32 Å². The molecule has 150 valence electrons. The number of rotatable bonds is 6. The fourth-order valence-corrected chi connectivity index (χ4v) is 4.79. The quantitative estimate of drug-likeness (QED) is 0.740. The van der Waals surface area contributed by atoms with Crippen molar-refractivity contribution in [2.45, 2.75) is 17.9 Å². The smallest absolute Gasteiger partial charge is 0.282 e. The Morgan fingerprint density at radius 3 is 2.43 bits per heavy atom. The second-order valence-corrected chi connectivity index (χ2v) is 8.76. The van der Waals surface area contributed by atoms with Crippen LogP contribution in [0.2, 0.25) is 0 Å². The molecule has 28 heavy (non-hydrogen) atoms. The minimum Gasteiger partial charge on any atom is -0.497 e. The van der Waals surface area contributed by atoms with Gasteiger partial charge in [-0.3, -0.25) is 4.79 Å². The molecule has 3 rings (SSSR count). The molecular formula is C20H26N3O4S+. The van der Waals surface area contributed by atoms with Gasteiger partial charge in [0.05, 0.1) is 38.2 Å². The van der Waals surface area contributed by atoms with Crippen LogP contribution in [0.25, 0.3) is 0 Å². The molecule has 0 bridgehead atoms. The second kappa shape index (κ2) is 8.72. The lowest BCUT2D eigenvalue weighted by Gasteiger charge is -2.34. The van der Waals surface area contributed by atoms with E-state index in [0.29, 0.717) is 42.5 Å². The summed E-state index contributed by atoms with van der Waals surface area (Å²) < 4.78 is 32.1. The monoisotopic (exact) mass is 404 g/mol. The van der Waals surface area contributed by atoms with Crippen LogP contribution >= 0.6 is 0 Å². The van der Waals surface area contributed by atoms with Crippen molar-refractivity contribution in [3.05, 3.63) is 54.6 Å². The number of sulfonamides is 1. The highest BCUT2D eigenvalue weighted by Crippen LogP contribution is 2.17. The van der Waals surface area contributed by atoms with Crippen LogP contribution in [-0.4, -0.2) is 58.0 Å². The zero-order valence-electron chi connectivity index (χ0n) is 16.1. The number of carbonyl (C=O) groups excluding carboxylic acids is 1. The Labute approximate surface area is 166 Å². The molecule has 0 saturated carbocycles. The standard InChI is InChI=1S/C20H25N3O4S/c1-16(20(24)21-17-7-6-8-18(15-17)27-2)22-11-13-23(14-12-22)28(25,26)19-9-4-3-5-10-19/h3-10,15-16H,11-14H2,1-2H3,(H,21,24)/p+1/t16-/m1/s1. The molecule has 1 saturated heterocycles.